The van der Waals surface area contributed by atoms with Crippen LogP contribution < -0.4 is 25.1 Å². The summed E-state index contributed by atoms with van der Waals surface area (Å²) in [6, 6.07) is 3.25. The first-order valence-electron chi connectivity index (χ1n) is 12.0. The van der Waals surface area contributed by atoms with Crippen LogP contribution in [0.25, 0.3) is 10.2 Å². The molecule has 2 aromatic heterocycles. The highest BCUT2D eigenvalue weighted by atomic mass is 32.1. The molecule has 1 saturated heterocycles. The number of carbonyl (C=O) groups excluding carboxylic acids is 2. The molecule has 198 valence electrons. The zero-order valence-corrected chi connectivity index (χ0v) is 22.7. The Morgan fingerprint density at radius 1 is 1.08 bits per heavy atom. The van der Waals surface area contributed by atoms with Gasteiger partial charge in [-0.1, -0.05) is 13.8 Å². The van der Waals surface area contributed by atoms with Crippen LogP contribution in [0.3, 0.4) is 0 Å². The summed E-state index contributed by atoms with van der Waals surface area (Å²) in [5, 5.41) is 3.18. The fourth-order valence-corrected chi connectivity index (χ4v) is 5.98. The van der Waals surface area contributed by atoms with Crippen molar-refractivity contribution >= 4 is 39.1 Å². The molecule has 1 fully saturated rings. The summed E-state index contributed by atoms with van der Waals surface area (Å²) in [6.45, 7) is 7.28. The summed E-state index contributed by atoms with van der Waals surface area (Å²) in [7, 11) is 4.49. The molecule has 0 aliphatic carbocycles. The van der Waals surface area contributed by atoms with Crippen molar-refractivity contribution in [1.82, 2.24) is 14.5 Å². The first-order chi connectivity index (χ1) is 17.7. The molecule has 0 radical (unpaired) electrons. The van der Waals surface area contributed by atoms with Gasteiger partial charge in [0.15, 0.2) is 11.5 Å². The van der Waals surface area contributed by atoms with Crippen molar-refractivity contribution in [2.45, 2.75) is 33.7 Å². The molecule has 0 bridgehead atoms. The number of piperidine rings is 1. The van der Waals surface area contributed by atoms with Crippen LogP contribution in [0.1, 0.15) is 35.5 Å². The van der Waals surface area contributed by atoms with Crippen LogP contribution in [-0.4, -0.2) is 60.7 Å². The summed E-state index contributed by atoms with van der Waals surface area (Å²) in [6.07, 6.45) is 2.47. The lowest BCUT2D eigenvalue weighted by Gasteiger charge is -2.35. The zero-order valence-electron chi connectivity index (χ0n) is 21.9. The molecule has 4 rings (SSSR count). The molecule has 3 heterocycles. The lowest BCUT2D eigenvalue weighted by molar-refractivity contribution is -0.134. The van der Waals surface area contributed by atoms with E-state index in [1.807, 2.05) is 4.90 Å². The number of thiophene rings is 1. The van der Waals surface area contributed by atoms with Gasteiger partial charge in [-0.25, -0.2) is 4.98 Å². The summed E-state index contributed by atoms with van der Waals surface area (Å²) in [5.74, 6) is 1.57. The zero-order chi connectivity index (χ0) is 26.9. The molecule has 1 aromatic carbocycles. The van der Waals surface area contributed by atoms with Crippen LogP contribution in [-0.2, 0) is 11.3 Å². The molecule has 3 aromatic rings. The normalized spacial score (nSPS) is 17.5. The molecule has 2 atom stereocenters. The number of methoxy groups -OCH3 is 3. The predicted octanol–water partition coefficient (Wildman–Crippen LogP) is 3.55. The number of fused-ring (bicyclic) bond motifs is 1. The first kappa shape index (κ1) is 26.5. The van der Waals surface area contributed by atoms with Crippen LogP contribution in [0.2, 0.25) is 0 Å². The van der Waals surface area contributed by atoms with Gasteiger partial charge in [0.25, 0.3) is 11.5 Å². The van der Waals surface area contributed by atoms with Crippen molar-refractivity contribution in [2.75, 3.05) is 39.7 Å². The van der Waals surface area contributed by atoms with E-state index in [9.17, 15) is 14.4 Å². The smallest absolute Gasteiger partial charge is 0.266 e. The van der Waals surface area contributed by atoms with Crippen LogP contribution in [0.5, 0.6) is 17.2 Å². The van der Waals surface area contributed by atoms with Gasteiger partial charge in [0.1, 0.15) is 11.4 Å². The van der Waals surface area contributed by atoms with Crippen molar-refractivity contribution in [2.24, 2.45) is 11.8 Å². The second-order valence-electron chi connectivity index (χ2n) is 9.53. The fourth-order valence-electron chi connectivity index (χ4n) is 4.94. The van der Waals surface area contributed by atoms with Crippen LogP contribution >= 0.6 is 11.3 Å². The highest BCUT2D eigenvalue weighted by Crippen LogP contribution is 2.40. The van der Waals surface area contributed by atoms with Crippen molar-refractivity contribution in [1.29, 1.82) is 0 Å². The number of aromatic nitrogens is 2. The van der Waals surface area contributed by atoms with Gasteiger partial charge in [0.2, 0.25) is 11.7 Å². The van der Waals surface area contributed by atoms with Crippen molar-refractivity contribution in [3.8, 4) is 17.2 Å². The van der Waals surface area contributed by atoms with Crippen molar-refractivity contribution in [3.63, 3.8) is 0 Å². The van der Waals surface area contributed by atoms with E-state index >= 15 is 0 Å². The van der Waals surface area contributed by atoms with Gasteiger partial charge >= 0.3 is 0 Å². The van der Waals surface area contributed by atoms with E-state index in [0.717, 1.165) is 17.8 Å². The third kappa shape index (κ3) is 5.27. The maximum Gasteiger partial charge on any atom is 0.266 e. The lowest BCUT2D eigenvalue weighted by Crippen LogP contribution is -2.44. The van der Waals surface area contributed by atoms with Crippen LogP contribution in [0.4, 0.5) is 5.69 Å². The molecule has 1 N–H and O–H groups in total. The van der Waals surface area contributed by atoms with E-state index < -0.39 is 5.91 Å². The van der Waals surface area contributed by atoms with Crippen molar-refractivity contribution in [3.05, 3.63) is 39.3 Å². The number of likely N-dealkylation sites (tertiary alicyclic amines) is 1. The summed E-state index contributed by atoms with van der Waals surface area (Å²) in [4.78, 5) is 46.5. The quantitative estimate of drug-likeness (QED) is 0.499. The summed E-state index contributed by atoms with van der Waals surface area (Å²) >= 11 is 1.13. The Morgan fingerprint density at radius 3 is 2.27 bits per heavy atom. The number of hydrogen-bond donors (Lipinski definition) is 1. The molecule has 1 aliphatic rings. The number of aryl methyl sites for hydroxylation is 1. The van der Waals surface area contributed by atoms with E-state index in [1.54, 1.807) is 19.1 Å². The van der Waals surface area contributed by atoms with E-state index in [4.69, 9.17) is 14.2 Å². The Morgan fingerprint density at radius 2 is 1.70 bits per heavy atom. The molecule has 10 nitrogen and oxygen atoms in total. The number of ether oxygens (including phenoxy) is 3. The molecular formula is C26H32N4O6S. The Kier molecular flexibility index (Phi) is 7.72. The predicted molar refractivity (Wildman–Crippen MR) is 142 cm³/mol. The van der Waals surface area contributed by atoms with E-state index in [1.165, 1.54) is 32.2 Å². The second-order valence-corrected chi connectivity index (χ2v) is 10.5. The number of anilines is 1. The second kappa shape index (κ2) is 10.8. The van der Waals surface area contributed by atoms with E-state index in [2.05, 4.69) is 24.1 Å². The first-order valence-corrected chi connectivity index (χ1v) is 12.9. The van der Waals surface area contributed by atoms with Crippen LogP contribution in [0, 0.1) is 18.8 Å². The number of nitrogens with zero attached hydrogens (tertiary/aromatic N) is 3. The van der Waals surface area contributed by atoms with Gasteiger partial charge < -0.3 is 24.4 Å². The Balaban J connectivity index is 1.60. The molecule has 2 amide bonds. The lowest BCUT2D eigenvalue weighted by atomic mass is 9.92. The van der Waals surface area contributed by atoms with Gasteiger partial charge in [0.05, 0.1) is 37.9 Å². The SMILES string of the molecule is COc1cc(NC(=O)c2sc3ncn(CC(=O)N4C[C@H](C)C[C@H](C)C4)c(=O)c3c2C)cc(OC)c1OC. The largest absolute Gasteiger partial charge is 0.493 e. The Bertz CT molecular complexity index is 1360. The molecule has 1 aliphatic heterocycles. The Hall–Kier alpha value is -3.60. The summed E-state index contributed by atoms with van der Waals surface area (Å²) in [5.41, 5.74) is 0.624. The molecular weight excluding hydrogens is 496 g/mol. The van der Waals surface area contributed by atoms with Gasteiger partial charge in [-0.2, -0.15) is 0 Å². The maximum atomic E-state index is 13.3. The number of benzene rings is 1. The Labute approximate surface area is 219 Å². The minimum absolute atomic E-state index is 0.0799. The van der Waals surface area contributed by atoms with Gasteiger partial charge in [-0.3, -0.25) is 19.0 Å². The van der Waals surface area contributed by atoms with Crippen LogP contribution in [0.15, 0.2) is 23.3 Å². The maximum absolute atomic E-state index is 13.3. The average Bonchev–Trinajstić information content (AvgIpc) is 3.21. The van der Waals surface area contributed by atoms with Gasteiger partial charge in [-0.05, 0) is 30.7 Å². The molecule has 11 heteroatoms. The number of amides is 2. The number of hydrogen-bond acceptors (Lipinski definition) is 8. The summed E-state index contributed by atoms with van der Waals surface area (Å²) < 4.78 is 17.4. The standard InChI is InChI=1S/C26H32N4O6S/c1-14-7-15(2)11-29(10-14)20(31)12-30-13-27-25-21(26(30)33)16(3)23(37-25)24(32)28-17-8-18(34-4)22(36-6)19(9-17)35-5/h8-9,13-15H,7,10-12H2,1-6H3,(H,28,32)/t14-,15+. The fraction of sp³-hybridized carbons (Fsp3) is 0.462. The monoisotopic (exact) mass is 528 g/mol. The third-order valence-electron chi connectivity index (χ3n) is 6.57. The number of nitrogens with one attached hydrogen (secondary N) is 1. The highest BCUT2D eigenvalue weighted by molar-refractivity contribution is 7.20. The highest BCUT2D eigenvalue weighted by Gasteiger charge is 2.26. The molecule has 37 heavy (non-hydrogen) atoms. The van der Waals surface area contributed by atoms with Crippen molar-refractivity contribution < 1.29 is 23.8 Å². The third-order valence-corrected chi connectivity index (χ3v) is 7.77. The minimum atomic E-state index is -0.395. The average molecular weight is 529 g/mol. The van der Waals surface area contributed by atoms with Gasteiger partial charge in [0, 0.05) is 30.9 Å². The van der Waals surface area contributed by atoms with Gasteiger partial charge in [-0.15, -0.1) is 11.3 Å². The van der Waals surface area contributed by atoms with E-state index in [0.29, 0.717) is 68.5 Å². The molecule has 0 unspecified atom stereocenters. The minimum Gasteiger partial charge on any atom is -0.493 e. The number of carbonyl (C=O) groups is 2. The number of rotatable bonds is 7. The molecule has 0 saturated carbocycles. The topological polar surface area (TPSA) is 112 Å². The molecule has 0 spiro atoms. The van der Waals surface area contributed by atoms with E-state index in [-0.39, 0.29) is 18.0 Å².